The number of rotatable bonds is 8. The average molecular weight is 330 g/mol. The van der Waals surface area contributed by atoms with Gasteiger partial charge in [-0.1, -0.05) is 29.3 Å². The molecule has 106 valence electrons. The van der Waals surface area contributed by atoms with Crippen LogP contribution in [0.5, 0.6) is 5.75 Å². The predicted molar refractivity (Wildman–Crippen MR) is 78.8 cm³/mol. The Morgan fingerprint density at radius 2 is 2.16 bits per heavy atom. The largest absolute Gasteiger partial charge is 0.490 e. The Balaban J connectivity index is 2.72. The quantitative estimate of drug-likeness (QED) is 0.746. The number of ether oxygens (including phenoxy) is 2. The molecule has 0 saturated heterocycles. The van der Waals surface area contributed by atoms with E-state index in [9.17, 15) is 4.79 Å². The van der Waals surface area contributed by atoms with Crippen molar-refractivity contribution >= 4 is 21.8 Å². The first-order valence-electron chi connectivity index (χ1n) is 6.38. The van der Waals surface area contributed by atoms with Gasteiger partial charge in [0.15, 0.2) is 0 Å². The maximum atomic E-state index is 12.1. The Bertz CT molecular complexity index is 410. The van der Waals surface area contributed by atoms with Crippen LogP contribution in [0.4, 0.5) is 0 Å². The number of hydrogen-bond donors (Lipinski definition) is 1. The summed E-state index contributed by atoms with van der Waals surface area (Å²) in [5.41, 5.74) is 0.543. The molecule has 1 aromatic carbocycles. The topological polar surface area (TPSA) is 47.6 Å². The van der Waals surface area contributed by atoms with E-state index in [0.29, 0.717) is 31.1 Å². The highest BCUT2D eigenvalue weighted by Gasteiger charge is 2.12. The van der Waals surface area contributed by atoms with Gasteiger partial charge in [0.1, 0.15) is 12.4 Å². The fourth-order valence-electron chi connectivity index (χ4n) is 1.51. The van der Waals surface area contributed by atoms with Crippen molar-refractivity contribution in [1.29, 1.82) is 0 Å². The zero-order valence-corrected chi connectivity index (χ0v) is 13.0. The van der Waals surface area contributed by atoms with Crippen LogP contribution in [0.25, 0.3) is 0 Å². The lowest BCUT2D eigenvalue weighted by Gasteiger charge is -2.12. The van der Waals surface area contributed by atoms with E-state index in [1.165, 1.54) is 0 Å². The minimum Gasteiger partial charge on any atom is -0.490 e. The zero-order valence-electron chi connectivity index (χ0n) is 11.4. The minimum atomic E-state index is -0.109. The Hall–Kier alpha value is -1.07. The van der Waals surface area contributed by atoms with Crippen LogP contribution in [0.2, 0.25) is 0 Å². The second-order valence-electron chi connectivity index (χ2n) is 4.09. The smallest absolute Gasteiger partial charge is 0.255 e. The third-order valence-corrected chi connectivity index (χ3v) is 3.04. The zero-order chi connectivity index (χ0) is 14.1. The van der Waals surface area contributed by atoms with Crippen LogP contribution in [0.3, 0.4) is 0 Å². The summed E-state index contributed by atoms with van der Waals surface area (Å²) in [7, 11) is 1.61. The molecule has 4 nitrogen and oxygen atoms in total. The average Bonchev–Trinajstić information content (AvgIpc) is 2.40. The molecule has 1 N–H and O–H groups in total. The van der Waals surface area contributed by atoms with Gasteiger partial charge in [0.2, 0.25) is 0 Å². The van der Waals surface area contributed by atoms with Crippen LogP contribution in [0, 0.1) is 0 Å². The number of carbonyl (C=O) groups excluding carboxylic acids is 1. The molecule has 0 heterocycles. The molecule has 1 aromatic rings. The van der Waals surface area contributed by atoms with Crippen molar-refractivity contribution in [3.05, 3.63) is 28.2 Å². The van der Waals surface area contributed by atoms with E-state index in [4.69, 9.17) is 9.47 Å². The highest BCUT2D eigenvalue weighted by Crippen LogP contribution is 2.23. The highest BCUT2D eigenvalue weighted by atomic mass is 79.9. The van der Waals surface area contributed by atoms with E-state index in [-0.39, 0.29) is 5.91 Å². The van der Waals surface area contributed by atoms with Crippen molar-refractivity contribution in [2.45, 2.75) is 19.8 Å². The van der Waals surface area contributed by atoms with Gasteiger partial charge in [-0.25, -0.2) is 0 Å². The van der Waals surface area contributed by atoms with Crippen LogP contribution in [0.1, 0.15) is 30.1 Å². The van der Waals surface area contributed by atoms with Crippen molar-refractivity contribution < 1.29 is 14.3 Å². The highest BCUT2D eigenvalue weighted by molar-refractivity contribution is 9.10. The summed E-state index contributed by atoms with van der Waals surface area (Å²) < 4.78 is 11.3. The van der Waals surface area contributed by atoms with Crippen LogP contribution in [0.15, 0.2) is 22.7 Å². The molecule has 19 heavy (non-hydrogen) atoms. The Kier molecular flexibility index (Phi) is 7.52. The number of benzene rings is 1. The molecule has 0 bridgehead atoms. The maximum Gasteiger partial charge on any atom is 0.255 e. The lowest BCUT2D eigenvalue weighted by atomic mass is 10.2. The van der Waals surface area contributed by atoms with E-state index in [2.05, 4.69) is 28.2 Å². The first-order chi connectivity index (χ1) is 9.19. The summed E-state index contributed by atoms with van der Waals surface area (Å²) in [5, 5.41) is 2.89. The van der Waals surface area contributed by atoms with Crippen molar-refractivity contribution in [2.24, 2.45) is 0 Å². The van der Waals surface area contributed by atoms with E-state index in [1.54, 1.807) is 19.2 Å². The molecule has 0 aromatic heterocycles. The second-order valence-corrected chi connectivity index (χ2v) is 5.01. The first kappa shape index (κ1) is 16.0. The van der Waals surface area contributed by atoms with Crippen molar-refractivity contribution in [3.63, 3.8) is 0 Å². The maximum absolute atomic E-state index is 12.1. The molecule has 0 fully saturated rings. The standard InChI is InChI=1S/C14H20BrNO3/c1-3-4-7-16-14(17)12-10-11(15)5-6-13(12)19-9-8-18-2/h5-6,10H,3-4,7-9H2,1-2H3,(H,16,17). The monoisotopic (exact) mass is 329 g/mol. The molecule has 1 amide bonds. The molecule has 0 aliphatic heterocycles. The Morgan fingerprint density at radius 1 is 1.37 bits per heavy atom. The van der Waals surface area contributed by atoms with Gasteiger partial charge in [0.25, 0.3) is 5.91 Å². The van der Waals surface area contributed by atoms with Gasteiger partial charge in [-0.15, -0.1) is 0 Å². The van der Waals surface area contributed by atoms with Gasteiger partial charge < -0.3 is 14.8 Å². The van der Waals surface area contributed by atoms with Gasteiger partial charge >= 0.3 is 0 Å². The summed E-state index contributed by atoms with van der Waals surface area (Å²) in [4.78, 5) is 12.1. The molecule has 0 atom stereocenters. The number of halogens is 1. The van der Waals surface area contributed by atoms with Gasteiger partial charge in [-0.2, -0.15) is 0 Å². The second kappa shape index (κ2) is 8.93. The molecular formula is C14H20BrNO3. The number of unbranched alkanes of at least 4 members (excludes halogenated alkanes) is 1. The van der Waals surface area contributed by atoms with Crippen molar-refractivity contribution in [2.75, 3.05) is 26.9 Å². The minimum absolute atomic E-state index is 0.109. The van der Waals surface area contributed by atoms with Gasteiger partial charge in [0, 0.05) is 18.1 Å². The fourth-order valence-corrected chi connectivity index (χ4v) is 1.88. The number of carbonyl (C=O) groups is 1. The summed E-state index contributed by atoms with van der Waals surface area (Å²) in [6.07, 6.45) is 2.02. The number of amides is 1. The van der Waals surface area contributed by atoms with Crippen molar-refractivity contribution in [3.8, 4) is 5.75 Å². The SMILES string of the molecule is CCCCNC(=O)c1cc(Br)ccc1OCCOC. The molecule has 0 aliphatic carbocycles. The molecular weight excluding hydrogens is 310 g/mol. The molecule has 1 rings (SSSR count). The number of hydrogen-bond acceptors (Lipinski definition) is 3. The first-order valence-corrected chi connectivity index (χ1v) is 7.17. The molecule has 5 heteroatoms. The van der Waals surface area contributed by atoms with Gasteiger partial charge in [-0.3, -0.25) is 4.79 Å². The summed E-state index contributed by atoms with van der Waals surface area (Å²) in [5.74, 6) is 0.469. The van der Waals surface area contributed by atoms with Crippen LogP contribution >= 0.6 is 15.9 Å². The lowest BCUT2D eigenvalue weighted by molar-refractivity contribution is 0.0945. The number of nitrogens with one attached hydrogen (secondary N) is 1. The van der Waals surface area contributed by atoms with E-state index in [1.807, 2.05) is 6.07 Å². The summed E-state index contributed by atoms with van der Waals surface area (Å²) in [6, 6.07) is 5.41. The lowest BCUT2D eigenvalue weighted by Crippen LogP contribution is -2.25. The third kappa shape index (κ3) is 5.61. The Labute approximate surface area is 122 Å². The molecule has 0 spiro atoms. The third-order valence-electron chi connectivity index (χ3n) is 2.55. The predicted octanol–water partition coefficient (Wildman–Crippen LogP) is 3.00. The van der Waals surface area contributed by atoms with Crippen LogP contribution in [-0.2, 0) is 4.74 Å². The van der Waals surface area contributed by atoms with Crippen LogP contribution in [-0.4, -0.2) is 32.8 Å². The summed E-state index contributed by atoms with van der Waals surface area (Å²) in [6.45, 7) is 3.68. The molecule has 0 unspecified atom stereocenters. The van der Waals surface area contributed by atoms with Gasteiger partial charge in [-0.05, 0) is 24.6 Å². The van der Waals surface area contributed by atoms with Crippen LogP contribution < -0.4 is 10.1 Å². The van der Waals surface area contributed by atoms with Gasteiger partial charge in [0.05, 0.1) is 12.2 Å². The molecule has 0 radical (unpaired) electrons. The molecule has 0 aliphatic rings. The van der Waals surface area contributed by atoms with E-state index in [0.717, 1.165) is 17.3 Å². The summed E-state index contributed by atoms with van der Waals surface area (Å²) >= 11 is 3.37. The fraction of sp³-hybridized carbons (Fsp3) is 0.500. The van der Waals surface area contributed by atoms with E-state index >= 15 is 0 Å². The molecule has 0 saturated carbocycles. The Morgan fingerprint density at radius 3 is 2.84 bits per heavy atom. The number of methoxy groups -OCH3 is 1. The van der Waals surface area contributed by atoms with Crippen molar-refractivity contribution in [1.82, 2.24) is 5.32 Å². The van der Waals surface area contributed by atoms with E-state index < -0.39 is 0 Å². The normalized spacial score (nSPS) is 10.3.